The number of aromatic nitrogens is 1. The first-order chi connectivity index (χ1) is 20.7. The van der Waals surface area contributed by atoms with Crippen LogP contribution in [0.15, 0.2) is 54.7 Å². The maximum absolute atomic E-state index is 13.8. The summed E-state index contributed by atoms with van der Waals surface area (Å²) < 4.78 is 0. The Morgan fingerprint density at radius 2 is 1.70 bits per heavy atom. The number of hydrogen-bond acceptors (Lipinski definition) is 7. The topological polar surface area (TPSA) is 204 Å². The predicted octanol–water partition coefficient (Wildman–Crippen LogP) is 1.16. The Labute approximate surface area is 249 Å². The summed E-state index contributed by atoms with van der Waals surface area (Å²) in [5.74, 6) is -2.67. The number of benzene rings is 2. The highest BCUT2D eigenvalue weighted by Gasteiger charge is 2.38. The van der Waals surface area contributed by atoms with Gasteiger partial charge in [-0.05, 0) is 61.6 Å². The van der Waals surface area contributed by atoms with Crippen molar-refractivity contribution in [3.63, 3.8) is 0 Å². The number of aromatic hydroxyl groups is 1. The molecule has 0 aliphatic carbocycles. The molecule has 9 N–H and O–H groups in total. The number of carbonyl (C=O) groups is 4. The molecule has 1 aliphatic rings. The maximum Gasteiger partial charge on any atom is 0.326 e. The molecule has 0 saturated carbocycles. The summed E-state index contributed by atoms with van der Waals surface area (Å²) in [7, 11) is 0. The van der Waals surface area contributed by atoms with Crippen molar-refractivity contribution in [1.82, 2.24) is 20.5 Å². The van der Waals surface area contributed by atoms with Crippen LogP contribution in [0.5, 0.6) is 5.75 Å². The number of rotatable bonds is 14. The van der Waals surface area contributed by atoms with Gasteiger partial charge in [0.25, 0.3) is 0 Å². The molecule has 2 heterocycles. The molecule has 1 fully saturated rings. The summed E-state index contributed by atoms with van der Waals surface area (Å²) in [5, 5.41) is 25.9. The number of hydrogen-bond donors (Lipinski definition) is 7. The SMILES string of the molecule is NCCCCC(N)C(=O)NC(Cc1ccc(O)cc1)C(=O)NC(Cc1c[nH]c2ccccc12)C(=O)N1CCCC1C(=O)O. The Balaban J connectivity index is 1.60. The van der Waals surface area contributed by atoms with Crippen molar-refractivity contribution in [2.45, 2.75) is 69.1 Å². The number of unbranched alkanes of at least 4 members (excludes halogenated alkanes) is 1. The molecule has 230 valence electrons. The fraction of sp³-hybridized carbons (Fsp3) is 0.419. The van der Waals surface area contributed by atoms with Crippen LogP contribution in [-0.2, 0) is 32.0 Å². The van der Waals surface area contributed by atoms with Crippen LogP contribution in [0.1, 0.15) is 43.2 Å². The average molecular weight is 593 g/mol. The first kappa shape index (κ1) is 31.5. The van der Waals surface area contributed by atoms with Crippen molar-refractivity contribution in [1.29, 1.82) is 0 Å². The Morgan fingerprint density at radius 3 is 2.42 bits per heavy atom. The van der Waals surface area contributed by atoms with E-state index >= 15 is 0 Å². The highest BCUT2D eigenvalue weighted by atomic mass is 16.4. The number of para-hydroxylation sites is 1. The van der Waals surface area contributed by atoms with Gasteiger partial charge in [-0.25, -0.2) is 4.79 Å². The number of phenols is 1. The lowest BCUT2D eigenvalue weighted by atomic mass is 10.0. The van der Waals surface area contributed by atoms with Gasteiger partial charge >= 0.3 is 5.97 Å². The molecule has 1 saturated heterocycles. The van der Waals surface area contributed by atoms with E-state index in [1.165, 1.54) is 17.0 Å². The van der Waals surface area contributed by atoms with E-state index in [-0.39, 0.29) is 25.1 Å². The minimum atomic E-state index is -1.09. The molecule has 4 rings (SSSR count). The average Bonchev–Trinajstić information content (AvgIpc) is 3.65. The van der Waals surface area contributed by atoms with Gasteiger partial charge in [-0.3, -0.25) is 14.4 Å². The number of likely N-dealkylation sites (tertiary alicyclic amines) is 1. The Hall–Kier alpha value is -4.42. The summed E-state index contributed by atoms with van der Waals surface area (Å²) in [6.45, 7) is 0.743. The number of carboxylic acids is 1. The number of aliphatic carboxylic acids is 1. The quantitative estimate of drug-likeness (QED) is 0.135. The van der Waals surface area contributed by atoms with Crippen LogP contribution in [-0.4, -0.2) is 81.0 Å². The van der Waals surface area contributed by atoms with Crippen molar-refractivity contribution < 1.29 is 29.4 Å². The van der Waals surface area contributed by atoms with Crippen LogP contribution in [0.25, 0.3) is 10.9 Å². The summed E-state index contributed by atoms with van der Waals surface area (Å²) in [5.41, 5.74) is 14.0. The van der Waals surface area contributed by atoms with E-state index < -0.39 is 47.9 Å². The Morgan fingerprint density at radius 1 is 0.977 bits per heavy atom. The molecule has 0 spiro atoms. The molecule has 3 aromatic rings. The predicted molar refractivity (Wildman–Crippen MR) is 161 cm³/mol. The molecule has 4 atom stereocenters. The molecule has 12 nitrogen and oxygen atoms in total. The Bertz CT molecular complexity index is 1420. The van der Waals surface area contributed by atoms with Gasteiger partial charge in [-0.1, -0.05) is 36.8 Å². The lowest BCUT2D eigenvalue weighted by Gasteiger charge is -2.29. The summed E-state index contributed by atoms with van der Waals surface area (Å²) in [6, 6.07) is 9.77. The zero-order valence-electron chi connectivity index (χ0n) is 24.0. The van der Waals surface area contributed by atoms with E-state index in [0.717, 1.165) is 16.5 Å². The van der Waals surface area contributed by atoms with E-state index in [1.54, 1.807) is 18.3 Å². The summed E-state index contributed by atoms with van der Waals surface area (Å²) in [6.07, 6.45) is 4.58. The van der Waals surface area contributed by atoms with Crippen LogP contribution in [0, 0.1) is 0 Å². The van der Waals surface area contributed by atoms with Crippen molar-refractivity contribution in [2.75, 3.05) is 13.1 Å². The molecule has 43 heavy (non-hydrogen) atoms. The maximum atomic E-state index is 13.8. The third-order valence-electron chi connectivity index (χ3n) is 7.85. The molecule has 1 aliphatic heterocycles. The molecular formula is C31H40N6O6. The fourth-order valence-electron chi connectivity index (χ4n) is 5.48. The van der Waals surface area contributed by atoms with Crippen LogP contribution >= 0.6 is 0 Å². The summed E-state index contributed by atoms with van der Waals surface area (Å²) >= 11 is 0. The standard InChI is InChI=1S/C31H40N6O6/c32-14-4-3-7-23(33)28(39)35-25(16-19-10-12-21(38)13-11-19)29(40)36-26(30(41)37-15-5-9-27(37)31(42)43)17-20-18-34-24-8-2-1-6-22(20)24/h1-2,6,8,10-13,18,23,25-27,34,38H,3-5,7,9,14-17,32-33H2,(H,35,39)(H,36,40)(H,42,43). The van der Waals surface area contributed by atoms with Gasteiger partial charge < -0.3 is 42.2 Å². The second-order valence-corrected chi connectivity index (χ2v) is 11.0. The highest BCUT2D eigenvalue weighted by Crippen LogP contribution is 2.23. The molecule has 0 radical (unpaired) electrons. The molecule has 12 heteroatoms. The first-order valence-corrected chi connectivity index (χ1v) is 14.6. The number of carbonyl (C=O) groups excluding carboxylic acids is 3. The number of fused-ring (bicyclic) bond motifs is 1. The van der Waals surface area contributed by atoms with Crippen molar-refractivity contribution >= 4 is 34.6 Å². The minimum Gasteiger partial charge on any atom is -0.508 e. The lowest BCUT2D eigenvalue weighted by Crippen LogP contribution is -2.58. The molecular weight excluding hydrogens is 552 g/mol. The molecule has 3 amide bonds. The van der Waals surface area contributed by atoms with Crippen LogP contribution in [0.2, 0.25) is 0 Å². The van der Waals surface area contributed by atoms with Crippen LogP contribution in [0.3, 0.4) is 0 Å². The van der Waals surface area contributed by atoms with Crippen molar-refractivity contribution in [3.05, 3.63) is 65.9 Å². The molecule has 2 aromatic carbocycles. The van der Waals surface area contributed by atoms with Crippen molar-refractivity contribution in [3.8, 4) is 5.75 Å². The second-order valence-electron chi connectivity index (χ2n) is 11.0. The summed E-state index contributed by atoms with van der Waals surface area (Å²) in [4.78, 5) is 57.1. The smallest absolute Gasteiger partial charge is 0.326 e. The largest absolute Gasteiger partial charge is 0.508 e. The van der Waals surface area contributed by atoms with E-state index in [9.17, 15) is 29.4 Å². The van der Waals surface area contributed by atoms with Crippen LogP contribution < -0.4 is 22.1 Å². The van der Waals surface area contributed by atoms with Crippen LogP contribution in [0.4, 0.5) is 0 Å². The van der Waals surface area contributed by atoms with Gasteiger partial charge in [0.1, 0.15) is 23.9 Å². The van der Waals surface area contributed by atoms with E-state index in [0.29, 0.717) is 44.2 Å². The molecule has 4 unspecified atom stereocenters. The lowest BCUT2D eigenvalue weighted by molar-refractivity contribution is -0.149. The molecule has 0 bridgehead atoms. The molecule has 1 aromatic heterocycles. The van der Waals surface area contributed by atoms with Gasteiger partial charge in [0, 0.05) is 36.5 Å². The van der Waals surface area contributed by atoms with Gasteiger partial charge in [0.15, 0.2) is 0 Å². The zero-order valence-corrected chi connectivity index (χ0v) is 24.0. The third-order valence-corrected chi connectivity index (χ3v) is 7.85. The number of aromatic amines is 1. The van der Waals surface area contributed by atoms with Gasteiger partial charge in [0.2, 0.25) is 17.7 Å². The van der Waals surface area contributed by atoms with Crippen molar-refractivity contribution in [2.24, 2.45) is 11.5 Å². The number of nitrogens with one attached hydrogen (secondary N) is 3. The normalized spacial score (nSPS) is 16.9. The van der Waals surface area contributed by atoms with E-state index in [1.807, 2.05) is 24.3 Å². The van der Waals surface area contributed by atoms with E-state index in [2.05, 4.69) is 15.6 Å². The van der Waals surface area contributed by atoms with Gasteiger partial charge in [-0.2, -0.15) is 0 Å². The number of nitrogens with two attached hydrogens (primary N) is 2. The number of phenolic OH excluding ortho intramolecular Hbond substituents is 1. The first-order valence-electron chi connectivity index (χ1n) is 14.6. The highest BCUT2D eigenvalue weighted by molar-refractivity contribution is 5.95. The van der Waals surface area contributed by atoms with Gasteiger partial charge in [-0.15, -0.1) is 0 Å². The number of amides is 3. The third kappa shape index (κ3) is 8.11. The fourth-order valence-corrected chi connectivity index (χ4v) is 5.48. The monoisotopic (exact) mass is 592 g/mol. The van der Waals surface area contributed by atoms with Gasteiger partial charge in [0.05, 0.1) is 6.04 Å². The number of H-pyrrole nitrogens is 1. The van der Waals surface area contributed by atoms with E-state index in [4.69, 9.17) is 11.5 Å². The minimum absolute atomic E-state index is 0.0544. The Kier molecular flexibility index (Phi) is 10.7. The zero-order chi connectivity index (χ0) is 30.9. The number of nitrogens with zero attached hydrogens (tertiary/aromatic N) is 1. The number of carboxylic acid groups (broad SMARTS) is 1. The second kappa shape index (κ2) is 14.7.